The first-order valence-electron chi connectivity index (χ1n) is 13.1. The molecule has 14 heteroatoms. The van der Waals surface area contributed by atoms with Gasteiger partial charge in [0.25, 0.3) is 5.91 Å². The maximum atomic E-state index is 13.5. The number of ether oxygens (including phenoxy) is 2. The Labute approximate surface area is 240 Å². The van der Waals surface area contributed by atoms with Gasteiger partial charge in [-0.15, -0.1) is 0 Å². The van der Waals surface area contributed by atoms with Crippen LogP contribution >= 0.6 is 11.6 Å². The van der Waals surface area contributed by atoms with Crippen LogP contribution in [0.5, 0.6) is 0 Å². The molecule has 2 aliphatic rings. The van der Waals surface area contributed by atoms with Crippen LogP contribution in [-0.4, -0.2) is 79.9 Å². The summed E-state index contributed by atoms with van der Waals surface area (Å²) in [6.07, 6.45) is -5.72. The molecule has 3 heterocycles. The highest BCUT2D eigenvalue weighted by Gasteiger charge is 2.41. The fourth-order valence-corrected chi connectivity index (χ4v) is 5.07. The van der Waals surface area contributed by atoms with E-state index in [2.05, 4.69) is 5.10 Å². The molecule has 2 aromatic rings. The molecule has 10 nitrogen and oxygen atoms in total. The SMILES string of the molecule is CC(C)(C)OC(=O)N1CCN(C(=O)c2cc3n(n2)CCN(C(=O)OCc2cc(Cl)cc(C(F)(F)F)c2)C3)C(C)(C)C1. The maximum Gasteiger partial charge on any atom is 0.416 e. The molecular weight excluding hydrogens is 567 g/mol. The van der Waals surface area contributed by atoms with E-state index in [1.54, 1.807) is 41.3 Å². The number of carbonyl (C=O) groups excluding carboxylic acids is 3. The minimum atomic E-state index is -4.58. The Bertz CT molecular complexity index is 1340. The van der Waals surface area contributed by atoms with E-state index in [1.165, 1.54) is 11.0 Å². The van der Waals surface area contributed by atoms with E-state index in [4.69, 9.17) is 21.1 Å². The van der Waals surface area contributed by atoms with Crippen LogP contribution in [0.3, 0.4) is 0 Å². The van der Waals surface area contributed by atoms with Gasteiger partial charge in [0.1, 0.15) is 12.2 Å². The lowest BCUT2D eigenvalue weighted by molar-refractivity contribution is -0.137. The van der Waals surface area contributed by atoms with Crippen LogP contribution in [-0.2, 0) is 35.3 Å². The van der Waals surface area contributed by atoms with Crippen molar-refractivity contribution in [2.75, 3.05) is 26.2 Å². The number of aromatic nitrogens is 2. The number of hydrogen-bond acceptors (Lipinski definition) is 6. The van der Waals surface area contributed by atoms with Gasteiger partial charge in [-0.2, -0.15) is 18.3 Å². The van der Waals surface area contributed by atoms with Gasteiger partial charge < -0.3 is 24.2 Å². The van der Waals surface area contributed by atoms with Gasteiger partial charge in [-0.1, -0.05) is 11.6 Å². The molecule has 1 aromatic heterocycles. The van der Waals surface area contributed by atoms with Crippen LogP contribution < -0.4 is 0 Å². The summed E-state index contributed by atoms with van der Waals surface area (Å²) in [5, 5.41) is 4.33. The number of piperazine rings is 1. The van der Waals surface area contributed by atoms with Gasteiger partial charge in [0, 0.05) is 31.2 Å². The standard InChI is InChI=1S/C27H33ClF3N5O5/c1-25(2,3)41-24(39)34-6-8-35(26(4,5)16-34)22(37)21-13-20-14-33(7-9-36(20)32-21)23(38)40-15-17-10-18(27(29,30)31)12-19(28)11-17/h10-13H,6-9,14-16H2,1-5H3. The number of halogens is 4. The van der Waals surface area contributed by atoms with Crippen molar-refractivity contribution in [2.45, 2.75) is 71.6 Å². The van der Waals surface area contributed by atoms with Crippen LogP contribution in [0.4, 0.5) is 22.8 Å². The third kappa shape index (κ3) is 7.24. The van der Waals surface area contributed by atoms with E-state index < -0.39 is 35.1 Å². The average Bonchev–Trinajstić information content (AvgIpc) is 3.28. The summed E-state index contributed by atoms with van der Waals surface area (Å²) < 4.78 is 51.6. The van der Waals surface area contributed by atoms with E-state index in [9.17, 15) is 27.6 Å². The highest BCUT2D eigenvalue weighted by Crippen LogP contribution is 2.32. The number of hydrogen-bond donors (Lipinski definition) is 0. The van der Waals surface area contributed by atoms with E-state index in [-0.39, 0.29) is 48.4 Å². The third-order valence-corrected chi connectivity index (χ3v) is 6.94. The topological polar surface area (TPSA) is 97.2 Å². The van der Waals surface area contributed by atoms with Crippen molar-refractivity contribution in [3.05, 3.63) is 51.8 Å². The second-order valence-electron chi connectivity index (χ2n) is 11.7. The zero-order valence-electron chi connectivity index (χ0n) is 23.5. The molecule has 1 aromatic carbocycles. The molecule has 0 spiro atoms. The summed E-state index contributed by atoms with van der Waals surface area (Å²) in [7, 11) is 0. The molecule has 224 valence electrons. The van der Waals surface area contributed by atoms with Crippen LogP contribution in [0.2, 0.25) is 5.02 Å². The molecule has 0 unspecified atom stereocenters. The number of benzene rings is 1. The molecule has 0 radical (unpaired) electrons. The monoisotopic (exact) mass is 599 g/mol. The summed E-state index contributed by atoms with van der Waals surface area (Å²) >= 11 is 5.81. The molecule has 41 heavy (non-hydrogen) atoms. The number of alkyl halides is 3. The number of rotatable bonds is 3. The Balaban J connectivity index is 1.37. The number of amides is 3. The van der Waals surface area contributed by atoms with Gasteiger partial charge in [-0.25, -0.2) is 9.59 Å². The number of fused-ring (bicyclic) bond motifs is 1. The molecule has 3 amide bonds. The lowest BCUT2D eigenvalue weighted by Gasteiger charge is -2.46. The van der Waals surface area contributed by atoms with E-state index in [0.717, 1.165) is 12.1 Å². The van der Waals surface area contributed by atoms with Gasteiger partial charge in [0.2, 0.25) is 0 Å². The summed E-state index contributed by atoms with van der Waals surface area (Å²) in [5.41, 5.74) is -1.29. The maximum absolute atomic E-state index is 13.5. The minimum Gasteiger partial charge on any atom is -0.445 e. The first kappa shape index (κ1) is 30.5. The van der Waals surface area contributed by atoms with E-state index >= 15 is 0 Å². The molecule has 0 aliphatic carbocycles. The zero-order chi connectivity index (χ0) is 30.3. The summed E-state index contributed by atoms with van der Waals surface area (Å²) in [6.45, 7) is 10.3. The van der Waals surface area contributed by atoms with Gasteiger partial charge >= 0.3 is 18.4 Å². The first-order valence-corrected chi connectivity index (χ1v) is 13.5. The van der Waals surface area contributed by atoms with Gasteiger partial charge in [0.05, 0.1) is 29.9 Å². The Hall–Kier alpha value is -3.48. The fourth-order valence-electron chi connectivity index (χ4n) is 4.81. The first-order chi connectivity index (χ1) is 18.9. The summed E-state index contributed by atoms with van der Waals surface area (Å²) in [6, 6.07) is 4.61. The van der Waals surface area contributed by atoms with Crippen LogP contribution in [0.1, 0.15) is 61.9 Å². The molecule has 0 saturated carbocycles. The van der Waals surface area contributed by atoms with Crippen LogP contribution in [0.15, 0.2) is 24.3 Å². The van der Waals surface area contributed by atoms with Crippen molar-refractivity contribution >= 4 is 29.7 Å². The van der Waals surface area contributed by atoms with Crippen molar-refractivity contribution in [3.63, 3.8) is 0 Å². The lowest BCUT2D eigenvalue weighted by atomic mass is 9.98. The summed E-state index contributed by atoms with van der Waals surface area (Å²) in [4.78, 5) is 43.4. The quantitative estimate of drug-likeness (QED) is 0.482. The number of nitrogens with zero attached hydrogens (tertiary/aromatic N) is 5. The Kier molecular flexibility index (Phi) is 8.23. The number of carbonyl (C=O) groups is 3. The molecular formula is C27H33ClF3N5O5. The van der Waals surface area contributed by atoms with Crippen molar-refractivity contribution in [1.29, 1.82) is 0 Å². The molecule has 0 atom stereocenters. The molecule has 1 fully saturated rings. The van der Waals surface area contributed by atoms with Gasteiger partial charge in [0.15, 0.2) is 5.69 Å². The smallest absolute Gasteiger partial charge is 0.416 e. The van der Waals surface area contributed by atoms with Crippen LogP contribution in [0, 0.1) is 0 Å². The van der Waals surface area contributed by atoms with Crippen molar-refractivity contribution in [1.82, 2.24) is 24.5 Å². The second-order valence-corrected chi connectivity index (χ2v) is 12.2. The lowest BCUT2D eigenvalue weighted by Crippen LogP contribution is -2.62. The molecule has 4 rings (SSSR count). The third-order valence-electron chi connectivity index (χ3n) is 6.72. The van der Waals surface area contributed by atoms with Crippen molar-refractivity contribution in [2.24, 2.45) is 0 Å². The van der Waals surface area contributed by atoms with Gasteiger partial charge in [-0.3, -0.25) is 9.48 Å². The summed E-state index contributed by atoms with van der Waals surface area (Å²) in [5.74, 6) is -0.295. The average molecular weight is 600 g/mol. The van der Waals surface area contributed by atoms with Crippen LogP contribution in [0.25, 0.3) is 0 Å². The van der Waals surface area contributed by atoms with E-state index in [0.29, 0.717) is 25.3 Å². The van der Waals surface area contributed by atoms with Crippen molar-refractivity contribution in [3.8, 4) is 0 Å². The predicted molar refractivity (Wildman–Crippen MR) is 142 cm³/mol. The van der Waals surface area contributed by atoms with E-state index in [1.807, 2.05) is 13.8 Å². The predicted octanol–water partition coefficient (Wildman–Crippen LogP) is 5.18. The Morgan fingerprint density at radius 1 is 0.976 bits per heavy atom. The highest BCUT2D eigenvalue weighted by atomic mass is 35.5. The second kappa shape index (κ2) is 11.1. The Morgan fingerprint density at radius 3 is 2.29 bits per heavy atom. The minimum absolute atomic E-state index is 0.109. The Morgan fingerprint density at radius 2 is 1.66 bits per heavy atom. The molecule has 2 aliphatic heterocycles. The molecule has 0 N–H and O–H groups in total. The fraction of sp³-hybridized carbons (Fsp3) is 0.556. The zero-order valence-corrected chi connectivity index (χ0v) is 24.3. The van der Waals surface area contributed by atoms with Crippen molar-refractivity contribution < 1.29 is 37.0 Å². The highest BCUT2D eigenvalue weighted by molar-refractivity contribution is 6.30. The normalized spacial score (nSPS) is 17.2. The molecule has 1 saturated heterocycles. The molecule has 0 bridgehead atoms. The largest absolute Gasteiger partial charge is 0.445 e. The van der Waals surface area contributed by atoms with Gasteiger partial charge in [-0.05, 0) is 64.4 Å².